The summed E-state index contributed by atoms with van der Waals surface area (Å²) in [5.41, 5.74) is 0. The monoisotopic (exact) mass is 214 g/mol. The highest BCUT2D eigenvalue weighted by atomic mass is 16.5. The van der Waals surface area contributed by atoms with Crippen molar-refractivity contribution in [2.75, 3.05) is 0 Å². The first-order valence-electron chi connectivity index (χ1n) is 5.07. The number of carbonyl (C=O) groups is 2. The minimum Gasteiger partial charge on any atom is -0.481 e. The Morgan fingerprint density at radius 2 is 2.13 bits per heavy atom. The van der Waals surface area contributed by atoms with Crippen molar-refractivity contribution in [2.45, 2.75) is 39.2 Å². The number of carboxylic acid groups (broad SMARTS) is 1. The molecular weight excluding hydrogens is 196 g/mol. The predicted molar refractivity (Wildman–Crippen MR) is 56.4 cm³/mol. The minimum absolute atomic E-state index is 0.233. The van der Waals surface area contributed by atoms with Gasteiger partial charge < -0.3 is 9.84 Å². The van der Waals surface area contributed by atoms with Gasteiger partial charge >= 0.3 is 11.9 Å². The van der Waals surface area contributed by atoms with Crippen molar-refractivity contribution in [3.05, 3.63) is 12.7 Å². The summed E-state index contributed by atoms with van der Waals surface area (Å²) in [6.07, 6.45) is 2.77. The average molecular weight is 214 g/mol. The molecule has 0 aliphatic rings. The first-order valence-corrected chi connectivity index (χ1v) is 5.07. The van der Waals surface area contributed by atoms with Crippen LogP contribution in [-0.4, -0.2) is 23.1 Å². The van der Waals surface area contributed by atoms with Crippen LogP contribution in [0.25, 0.3) is 0 Å². The van der Waals surface area contributed by atoms with Gasteiger partial charge in [-0.1, -0.05) is 13.0 Å². The van der Waals surface area contributed by atoms with Crippen LogP contribution in [0.5, 0.6) is 0 Å². The third-order valence-corrected chi connectivity index (χ3v) is 2.13. The van der Waals surface area contributed by atoms with Crippen LogP contribution in [0.2, 0.25) is 0 Å². The molecule has 0 saturated carbocycles. The molecule has 0 aliphatic carbocycles. The van der Waals surface area contributed by atoms with E-state index >= 15 is 0 Å². The first kappa shape index (κ1) is 13.7. The van der Waals surface area contributed by atoms with E-state index < -0.39 is 17.9 Å². The van der Waals surface area contributed by atoms with E-state index in [-0.39, 0.29) is 12.5 Å². The quantitative estimate of drug-likeness (QED) is 0.400. The van der Waals surface area contributed by atoms with Gasteiger partial charge in [0.2, 0.25) is 0 Å². The Morgan fingerprint density at radius 1 is 1.53 bits per heavy atom. The van der Waals surface area contributed by atoms with Gasteiger partial charge in [-0.25, -0.2) is 0 Å². The lowest BCUT2D eigenvalue weighted by molar-refractivity contribution is -0.162. The zero-order valence-corrected chi connectivity index (χ0v) is 9.23. The van der Waals surface area contributed by atoms with E-state index in [0.717, 1.165) is 0 Å². The van der Waals surface area contributed by atoms with E-state index in [9.17, 15) is 9.59 Å². The Bertz CT molecular complexity index is 235. The highest BCUT2D eigenvalue weighted by molar-refractivity contribution is 5.93. The van der Waals surface area contributed by atoms with Gasteiger partial charge in [-0.2, -0.15) is 0 Å². The Morgan fingerprint density at radius 3 is 2.53 bits per heavy atom. The summed E-state index contributed by atoms with van der Waals surface area (Å²) < 4.78 is 4.97. The minimum atomic E-state index is -1.13. The molecule has 0 saturated heterocycles. The Hall–Kier alpha value is -1.32. The number of rotatable bonds is 7. The molecule has 4 nitrogen and oxygen atoms in total. The lowest BCUT2D eigenvalue weighted by Gasteiger charge is -2.15. The molecule has 0 aliphatic heterocycles. The molecule has 0 radical (unpaired) electrons. The van der Waals surface area contributed by atoms with Crippen molar-refractivity contribution in [2.24, 2.45) is 5.92 Å². The molecule has 0 spiro atoms. The van der Waals surface area contributed by atoms with Gasteiger partial charge in [-0.05, 0) is 26.2 Å². The van der Waals surface area contributed by atoms with Crippen LogP contribution in [0.1, 0.15) is 33.1 Å². The predicted octanol–water partition coefficient (Wildman–Crippen LogP) is 2.00. The van der Waals surface area contributed by atoms with E-state index in [4.69, 9.17) is 9.84 Å². The molecule has 0 heterocycles. The van der Waals surface area contributed by atoms with Crippen LogP contribution in [0.4, 0.5) is 0 Å². The Kier molecular flexibility index (Phi) is 6.42. The fourth-order valence-electron chi connectivity index (χ4n) is 0.990. The molecule has 0 bridgehead atoms. The number of esters is 1. The van der Waals surface area contributed by atoms with Gasteiger partial charge in [0.25, 0.3) is 0 Å². The molecule has 0 rings (SSSR count). The van der Waals surface area contributed by atoms with Gasteiger partial charge in [0, 0.05) is 0 Å². The van der Waals surface area contributed by atoms with Crippen molar-refractivity contribution in [1.29, 1.82) is 0 Å². The third-order valence-electron chi connectivity index (χ3n) is 2.13. The molecule has 2 unspecified atom stereocenters. The Labute approximate surface area is 89.9 Å². The normalized spacial score (nSPS) is 14.0. The molecule has 0 aromatic heterocycles. The molecule has 0 aromatic rings. The molecule has 0 aromatic carbocycles. The van der Waals surface area contributed by atoms with Crippen molar-refractivity contribution >= 4 is 11.9 Å². The van der Waals surface area contributed by atoms with Crippen molar-refractivity contribution in [1.82, 2.24) is 0 Å². The van der Waals surface area contributed by atoms with E-state index in [1.807, 2.05) is 6.92 Å². The molecule has 4 heteroatoms. The summed E-state index contributed by atoms with van der Waals surface area (Å²) in [4.78, 5) is 22.2. The van der Waals surface area contributed by atoms with Gasteiger partial charge in [0.15, 0.2) is 5.92 Å². The van der Waals surface area contributed by atoms with Gasteiger partial charge in [0.1, 0.15) is 0 Å². The second-order valence-corrected chi connectivity index (χ2v) is 3.41. The fourth-order valence-corrected chi connectivity index (χ4v) is 0.990. The zero-order chi connectivity index (χ0) is 11.8. The number of hydrogen-bond donors (Lipinski definition) is 1. The highest BCUT2D eigenvalue weighted by Gasteiger charge is 2.27. The summed E-state index contributed by atoms with van der Waals surface area (Å²) in [6.45, 7) is 7.10. The second kappa shape index (κ2) is 7.04. The lowest BCUT2D eigenvalue weighted by atomic mass is 10.0. The standard InChI is InChI=1S/C11H18O4/c1-4-6-7-9(10(12)13)11(14)15-8(3)5-2/h4,8-9H,1,5-7H2,2-3H3,(H,12,13). The molecule has 15 heavy (non-hydrogen) atoms. The maximum absolute atomic E-state index is 11.4. The average Bonchev–Trinajstić information content (AvgIpc) is 2.17. The summed E-state index contributed by atoms with van der Waals surface area (Å²) in [5.74, 6) is -2.86. The number of ether oxygens (including phenoxy) is 1. The molecule has 0 fully saturated rings. The van der Waals surface area contributed by atoms with Gasteiger partial charge in [0.05, 0.1) is 6.10 Å². The summed E-state index contributed by atoms with van der Waals surface area (Å²) in [7, 11) is 0. The molecule has 0 amide bonds. The number of hydrogen-bond acceptors (Lipinski definition) is 3. The maximum atomic E-state index is 11.4. The summed E-state index contributed by atoms with van der Waals surface area (Å²) >= 11 is 0. The number of aliphatic carboxylic acids is 1. The van der Waals surface area contributed by atoms with Gasteiger partial charge in [-0.3, -0.25) is 9.59 Å². The van der Waals surface area contributed by atoms with Crippen LogP contribution in [0, 0.1) is 5.92 Å². The second-order valence-electron chi connectivity index (χ2n) is 3.41. The summed E-state index contributed by atoms with van der Waals surface area (Å²) in [5, 5.41) is 8.82. The van der Waals surface area contributed by atoms with Crippen molar-refractivity contribution in [3.63, 3.8) is 0 Å². The van der Waals surface area contributed by atoms with Crippen LogP contribution in [0.3, 0.4) is 0 Å². The van der Waals surface area contributed by atoms with E-state index in [1.54, 1.807) is 13.0 Å². The lowest BCUT2D eigenvalue weighted by Crippen LogP contribution is -2.28. The smallest absolute Gasteiger partial charge is 0.320 e. The number of allylic oxidation sites excluding steroid dienone is 1. The van der Waals surface area contributed by atoms with Gasteiger partial charge in [-0.15, -0.1) is 6.58 Å². The topological polar surface area (TPSA) is 63.6 Å². The zero-order valence-electron chi connectivity index (χ0n) is 9.23. The molecule has 86 valence electrons. The van der Waals surface area contributed by atoms with E-state index in [0.29, 0.717) is 12.8 Å². The van der Waals surface area contributed by atoms with Crippen molar-refractivity contribution in [3.8, 4) is 0 Å². The van der Waals surface area contributed by atoms with Crippen LogP contribution >= 0.6 is 0 Å². The van der Waals surface area contributed by atoms with Crippen LogP contribution in [-0.2, 0) is 14.3 Å². The largest absolute Gasteiger partial charge is 0.481 e. The highest BCUT2D eigenvalue weighted by Crippen LogP contribution is 2.11. The van der Waals surface area contributed by atoms with E-state index in [2.05, 4.69) is 6.58 Å². The van der Waals surface area contributed by atoms with E-state index in [1.165, 1.54) is 0 Å². The molecule has 1 N–H and O–H groups in total. The SMILES string of the molecule is C=CCCC(C(=O)O)C(=O)OC(C)CC. The summed E-state index contributed by atoms with van der Waals surface area (Å²) in [6, 6.07) is 0. The number of carbonyl (C=O) groups excluding carboxylic acids is 1. The Balaban J connectivity index is 4.28. The van der Waals surface area contributed by atoms with Crippen LogP contribution in [0.15, 0.2) is 12.7 Å². The van der Waals surface area contributed by atoms with Crippen LogP contribution < -0.4 is 0 Å². The fraction of sp³-hybridized carbons (Fsp3) is 0.636. The first-order chi connectivity index (χ1) is 7.02. The van der Waals surface area contributed by atoms with Crippen molar-refractivity contribution < 1.29 is 19.4 Å². The maximum Gasteiger partial charge on any atom is 0.320 e. The number of carboxylic acids is 1. The molecule has 2 atom stereocenters. The third kappa shape index (κ3) is 5.20. The molecular formula is C11H18O4.